The smallest absolute Gasteiger partial charge is 0.254 e. The number of carbonyl (C=O) groups is 1. The van der Waals surface area contributed by atoms with Gasteiger partial charge in [-0.05, 0) is 60.7 Å². The maximum absolute atomic E-state index is 14.1. The van der Waals surface area contributed by atoms with E-state index in [9.17, 15) is 9.18 Å². The largest absolute Gasteiger partial charge is 0.457 e. The van der Waals surface area contributed by atoms with E-state index < -0.39 is 6.10 Å². The topological polar surface area (TPSA) is 87.8 Å². The lowest BCUT2D eigenvalue weighted by Crippen LogP contribution is -2.39. The van der Waals surface area contributed by atoms with E-state index in [0.29, 0.717) is 35.9 Å². The van der Waals surface area contributed by atoms with Crippen LogP contribution in [0.5, 0.6) is 11.5 Å². The zero-order valence-electron chi connectivity index (χ0n) is 20.5. The van der Waals surface area contributed by atoms with Gasteiger partial charge in [0.2, 0.25) is 0 Å². The molecule has 2 atom stereocenters. The van der Waals surface area contributed by atoms with Gasteiger partial charge in [-0.3, -0.25) is 4.79 Å². The molecule has 0 radical (unpaired) electrons. The van der Waals surface area contributed by atoms with Crippen molar-refractivity contribution in [3.8, 4) is 11.5 Å². The third-order valence-corrected chi connectivity index (χ3v) is 6.39. The van der Waals surface area contributed by atoms with Crippen molar-refractivity contribution >= 4 is 28.8 Å². The molecule has 1 aromatic heterocycles. The number of ether oxygens (including phenoxy) is 2. The Morgan fingerprint density at radius 1 is 1.19 bits per heavy atom. The fourth-order valence-corrected chi connectivity index (χ4v) is 4.42. The maximum atomic E-state index is 14.1. The van der Waals surface area contributed by atoms with Gasteiger partial charge in [-0.25, -0.2) is 9.37 Å². The molecule has 3 aromatic rings. The molecular weight excluding hydrogens is 461 g/mol. The fraction of sp³-hybridized carbons (Fsp3) is 0.333. The highest BCUT2D eigenvalue weighted by molar-refractivity contribution is 5.93. The van der Waals surface area contributed by atoms with Gasteiger partial charge in [0.15, 0.2) is 6.29 Å². The first-order valence-electron chi connectivity index (χ1n) is 12.1. The number of amides is 1. The lowest BCUT2D eigenvalue weighted by atomic mass is 10.0. The number of nitrogens with zero attached hydrogens (tertiary/aromatic N) is 2. The molecule has 2 aromatic carbocycles. The summed E-state index contributed by atoms with van der Waals surface area (Å²) in [5.41, 5.74) is 3.42. The Labute approximate surface area is 209 Å². The van der Waals surface area contributed by atoms with Crippen LogP contribution >= 0.6 is 0 Å². The van der Waals surface area contributed by atoms with Crippen LogP contribution in [0.4, 0.5) is 27.3 Å². The maximum Gasteiger partial charge on any atom is 0.254 e. The number of benzene rings is 2. The van der Waals surface area contributed by atoms with Gasteiger partial charge in [0, 0.05) is 37.7 Å². The average Bonchev–Trinajstić information content (AvgIpc) is 3.49. The zero-order valence-corrected chi connectivity index (χ0v) is 20.5. The van der Waals surface area contributed by atoms with E-state index in [-0.39, 0.29) is 23.9 Å². The second-order valence-electron chi connectivity index (χ2n) is 9.34. The van der Waals surface area contributed by atoms with Crippen molar-refractivity contribution in [2.45, 2.75) is 45.0 Å². The molecular formula is C27H30FN5O3. The highest BCUT2D eigenvalue weighted by Crippen LogP contribution is 2.38. The summed E-state index contributed by atoms with van der Waals surface area (Å²) < 4.78 is 25.6. The van der Waals surface area contributed by atoms with Crippen LogP contribution in [0, 0.1) is 5.82 Å². The molecule has 8 nitrogen and oxygen atoms in total. The summed E-state index contributed by atoms with van der Waals surface area (Å²) in [6, 6.07) is 14.3. The summed E-state index contributed by atoms with van der Waals surface area (Å²) in [6.45, 7) is 4.56. The number of halogens is 1. The molecule has 3 heterocycles. The minimum Gasteiger partial charge on any atom is -0.457 e. The molecule has 9 heteroatoms. The summed E-state index contributed by atoms with van der Waals surface area (Å²) >= 11 is 0. The van der Waals surface area contributed by atoms with E-state index in [1.165, 1.54) is 6.07 Å². The van der Waals surface area contributed by atoms with Crippen LogP contribution < -0.4 is 25.6 Å². The summed E-state index contributed by atoms with van der Waals surface area (Å²) in [6.07, 6.45) is 2.56. The van der Waals surface area contributed by atoms with Crippen molar-refractivity contribution in [3.63, 3.8) is 0 Å². The normalized spacial score (nSPS) is 18.6. The van der Waals surface area contributed by atoms with Crippen molar-refractivity contribution in [1.82, 2.24) is 4.98 Å². The molecule has 3 N–H and O–H groups in total. The van der Waals surface area contributed by atoms with Crippen LogP contribution in [0.25, 0.3) is 0 Å². The second kappa shape index (κ2) is 10.0. The summed E-state index contributed by atoms with van der Waals surface area (Å²) in [4.78, 5) is 18.6. The lowest BCUT2D eigenvalue weighted by Gasteiger charge is -2.24. The molecule has 2 unspecified atom stereocenters. The van der Waals surface area contributed by atoms with Crippen molar-refractivity contribution in [2.75, 3.05) is 34.5 Å². The molecule has 0 aliphatic carbocycles. The first-order valence-corrected chi connectivity index (χ1v) is 12.1. The second-order valence-corrected chi connectivity index (χ2v) is 9.34. The molecule has 1 fully saturated rings. The van der Waals surface area contributed by atoms with Crippen LogP contribution in [0.15, 0.2) is 54.7 Å². The third kappa shape index (κ3) is 5.06. The van der Waals surface area contributed by atoms with Crippen molar-refractivity contribution in [2.24, 2.45) is 0 Å². The first-order chi connectivity index (χ1) is 17.4. The van der Waals surface area contributed by atoms with Crippen LogP contribution in [0.3, 0.4) is 0 Å². The van der Waals surface area contributed by atoms with Crippen LogP contribution in [0.2, 0.25) is 0 Å². The Kier molecular flexibility index (Phi) is 6.65. The van der Waals surface area contributed by atoms with E-state index in [0.717, 1.165) is 23.5 Å². The van der Waals surface area contributed by atoms with Gasteiger partial charge in [0.05, 0.1) is 11.4 Å². The van der Waals surface area contributed by atoms with E-state index in [1.807, 2.05) is 45.2 Å². The molecule has 36 heavy (non-hydrogen) atoms. The Hall–Kier alpha value is -3.85. The van der Waals surface area contributed by atoms with Crippen molar-refractivity contribution < 1.29 is 18.7 Å². The average molecular weight is 492 g/mol. The Bertz CT molecular complexity index is 1260. The SMILES string of the molecule is CC(C)c1cc(NC2Nc3cc(Oc4ccnc(NC(=O)C5CCCO5)c4)ccc3N2C)ccc1F. The zero-order chi connectivity index (χ0) is 25.2. The molecule has 2 aliphatic rings. The molecule has 0 spiro atoms. The number of rotatable bonds is 7. The first kappa shape index (κ1) is 23.9. The number of hydrogen-bond acceptors (Lipinski definition) is 7. The minimum atomic E-state index is -0.426. The number of carbonyl (C=O) groups excluding carboxylic acids is 1. The number of pyridine rings is 1. The Morgan fingerprint density at radius 2 is 2.03 bits per heavy atom. The molecule has 188 valence electrons. The number of fused-ring (bicyclic) bond motifs is 1. The van der Waals surface area contributed by atoms with E-state index >= 15 is 0 Å². The quantitative estimate of drug-likeness (QED) is 0.402. The summed E-state index contributed by atoms with van der Waals surface area (Å²) in [5, 5.41) is 9.67. The summed E-state index contributed by atoms with van der Waals surface area (Å²) in [7, 11) is 1.98. The third-order valence-electron chi connectivity index (χ3n) is 6.39. The summed E-state index contributed by atoms with van der Waals surface area (Å²) in [5.74, 6) is 1.32. The van der Waals surface area contributed by atoms with Crippen LogP contribution in [-0.2, 0) is 9.53 Å². The van der Waals surface area contributed by atoms with E-state index in [4.69, 9.17) is 9.47 Å². The number of hydrogen-bond donors (Lipinski definition) is 3. The minimum absolute atomic E-state index is 0.0935. The molecule has 0 saturated carbocycles. The molecule has 2 aliphatic heterocycles. The van der Waals surface area contributed by atoms with Gasteiger partial charge in [0.1, 0.15) is 29.2 Å². The van der Waals surface area contributed by atoms with Crippen molar-refractivity contribution in [3.05, 3.63) is 66.1 Å². The van der Waals surface area contributed by atoms with Crippen molar-refractivity contribution in [1.29, 1.82) is 0 Å². The van der Waals surface area contributed by atoms with Gasteiger partial charge < -0.3 is 30.3 Å². The highest BCUT2D eigenvalue weighted by Gasteiger charge is 2.27. The molecule has 1 saturated heterocycles. The predicted molar refractivity (Wildman–Crippen MR) is 138 cm³/mol. The molecule has 1 amide bonds. The standard InChI is InChI=1S/C27H30FN5O3/c1-16(2)20-13-17(6-8-21(20)28)30-27-31-22-14-18(7-9-23(22)33(27)3)36-19-10-11-29-25(15-19)32-26(34)24-5-4-12-35-24/h6-11,13-16,24,27,30-31H,4-5,12H2,1-3H3,(H,29,32,34). The Balaban J connectivity index is 1.26. The van der Waals surface area contributed by atoms with E-state index in [1.54, 1.807) is 24.4 Å². The lowest BCUT2D eigenvalue weighted by molar-refractivity contribution is -0.124. The van der Waals surface area contributed by atoms with Gasteiger partial charge in [-0.1, -0.05) is 13.8 Å². The number of nitrogens with one attached hydrogen (secondary N) is 3. The van der Waals surface area contributed by atoms with Gasteiger partial charge in [-0.2, -0.15) is 0 Å². The Morgan fingerprint density at radius 3 is 2.81 bits per heavy atom. The van der Waals surface area contributed by atoms with Gasteiger partial charge in [0.25, 0.3) is 5.91 Å². The predicted octanol–water partition coefficient (Wildman–Crippen LogP) is 5.51. The number of anilines is 4. The van der Waals surface area contributed by atoms with Crippen LogP contribution in [-0.4, -0.2) is 36.9 Å². The number of aromatic nitrogens is 1. The highest BCUT2D eigenvalue weighted by atomic mass is 19.1. The van der Waals surface area contributed by atoms with Crippen LogP contribution in [0.1, 0.15) is 38.2 Å². The van der Waals surface area contributed by atoms with E-state index in [2.05, 4.69) is 25.8 Å². The molecule has 5 rings (SSSR count). The van der Waals surface area contributed by atoms with Gasteiger partial charge in [-0.15, -0.1) is 0 Å². The molecule has 0 bridgehead atoms. The van der Waals surface area contributed by atoms with Gasteiger partial charge >= 0.3 is 0 Å². The monoisotopic (exact) mass is 491 g/mol. The fourth-order valence-electron chi connectivity index (χ4n) is 4.42.